The van der Waals surface area contributed by atoms with Crippen LogP contribution in [-0.2, 0) is 4.79 Å². The number of aliphatic carboxylic acids is 1. The maximum atomic E-state index is 11.1. The van der Waals surface area contributed by atoms with E-state index in [1.54, 1.807) is 13.0 Å². The first-order valence-corrected chi connectivity index (χ1v) is 6.21. The molecule has 1 aliphatic rings. The van der Waals surface area contributed by atoms with Crippen LogP contribution in [-0.4, -0.2) is 24.3 Å². The first kappa shape index (κ1) is 13.0. The summed E-state index contributed by atoms with van der Waals surface area (Å²) in [6.45, 7) is 4.57. The SMILES string of the molecule is Cc1c2c(cc(Cl)c1C(C)C(=O)O)OCCCO2. The molecule has 18 heavy (non-hydrogen) atoms. The van der Waals surface area contributed by atoms with Crippen LogP contribution in [0.25, 0.3) is 0 Å². The number of ether oxygens (including phenoxy) is 2. The topological polar surface area (TPSA) is 55.8 Å². The fourth-order valence-electron chi connectivity index (χ4n) is 2.10. The molecule has 4 nitrogen and oxygen atoms in total. The Morgan fingerprint density at radius 1 is 1.44 bits per heavy atom. The summed E-state index contributed by atoms with van der Waals surface area (Å²) in [5, 5.41) is 9.52. The summed E-state index contributed by atoms with van der Waals surface area (Å²) in [6.07, 6.45) is 0.801. The standard InChI is InChI=1S/C13H15ClO4/c1-7-11(8(2)13(15)16)9(14)6-10-12(7)18-5-3-4-17-10/h6,8H,3-5H2,1-2H3,(H,15,16). The molecule has 98 valence electrons. The Labute approximate surface area is 110 Å². The summed E-state index contributed by atoms with van der Waals surface area (Å²) >= 11 is 6.16. The van der Waals surface area contributed by atoms with E-state index in [0.717, 1.165) is 12.0 Å². The lowest BCUT2D eigenvalue weighted by Crippen LogP contribution is -2.11. The first-order chi connectivity index (χ1) is 8.52. The third-order valence-corrected chi connectivity index (χ3v) is 3.39. The summed E-state index contributed by atoms with van der Waals surface area (Å²) in [6, 6.07) is 1.64. The molecule has 0 aliphatic carbocycles. The van der Waals surface area contributed by atoms with E-state index in [0.29, 0.717) is 35.3 Å². The largest absolute Gasteiger partial charge is 0.489 e. The zero-order valence-corrected chi connectivity index (χ0v) is 11.1. The Balaban J connectivity index is 2.55. The zero-order chi connectivity index (χ0) is 13.3. The number of carboxylic acids is 1. The van der Waals surface area contributed by atoms with Crippen molar-refractivity contribution in [3.63, 3.8) is 0 Å². The number of benzene rings is 1. The van der Waals surface area contributed by atoms with E-state index in [1.807, 2.05) is 6.92 Å². The Hall–Kier alpha value is -1.42. The van der Waals surface area contributed by atoms with Crippen molar-refractivity contribution in [1.82, 2.24) is 0 Å². The van der Waals surface area contributed by atoms with Gasteiger partial charge < -0.3 is 14.6 Å². The highest BCUT2D eigenvalue weighted by Gasteiger charge is 2.25. The molecule has 0 spiro atoms. The molecule has 1 atom stereocenters. The number of halogens is 1. The molecule has 5 heteroatoms. The lowest BCUT2D eigenvalue weighted by Gasteiger charge is -2.18. The van der Waals surface area contributed by atoms with Gasteiger partial charge in [0.15, 0.2) is 11.5 Å². The molecule has 0 amide bonds. The monoisotopic (exact) mass is 270 g/mol. The van der Waals surface area contributed by atoms with Gasteiger partial charge >= 0.3 is 5.97 Å². The first-order valence-electron chi connectivity index (χ1n) is 5.83. The van der Waals surface area contributed by atoms with Crippen LogP contribution in [0.5, 0.6) is 11.5 Å². The van der Waals surface area contributed by atoms with Gasteiger partial charge in [0.1, 0.15) is 0 Å². The van der Waals surface area contributed by atoms with Crippen molar-refractivity contribution >= 4 is 17.6 Å². The summed E-state index contributed by atoms with van der Waals surface area (Å²) < 4.78 is 11.2. The quantitative estimate of drug-likeness (QED) is 0.898. The van der Waals surface area contributed by atoms with Crippen LogP contribution in [0.15, 0.2) is 6.07 Å². The van der Waals surface area contributed by atoms with Gasteiger partial charge in [0.2, 0.25) is 0 Å². The second kappa shape index (κ2) is 5.06. The molecule has 0 aromatic heterocycles. The number of carboxylic acid groups (broad SMARTS) is 1. The van der Waals surface area contributed by atoms with Crippen molar-refractivity contribution in [2.75, 3.05) is 13.2 Å². The molecular formula is C13H15ClO4. The van der Waals surface area contributed by atoms with Gasteiger partial charge in [-0.2, -0.15) is 0 Å². The predicted octanol–water partition coefficient (Wildman–Crippen LogP) is 3.00. The van der Waals surface area contributed by atoms with E-state index in [4.69, 9.17) is 26.2 Å². The Morgan fingerprint density at radius 3 is 2.78 bits per heavy atom. The Morgan fingerprint density at radius 2 is 2.11 bits per heavy atom. The maximum Gasteiger partial charge on any atom is 0.310 e. The highest BCUT2D eigenvalue weighted by Crippen LogP contribution is 2.41. The Bertz CT molecular complexity index is 484. The predicted molar refractivity (Wildman–Crippen MR) is 67.8 cm³/mol. The normalized spacial score (nSPS) is 15.9. The van der Waals surface area contributed by atoms with Crippen molar-refractivity contribution in [2.45, 2.75) is 26.2 Å². The Kier molecular flexibility index (Phi) is 3.66. The molecular weight excluding hydrogens is 256 g/mol. The number of rotatable bonds is 2. The van der Waals surface area contributed by atoms with Gasteiger partial charge in [0.05, 0.1) is 19.1 Å². The average Bonchev–Trinajstić information content (AvgIpc) is 2.54. The minimum absolute atomic E-state index is 0.409. The molecule has 0 bridgehead atoms. The smallest absolute Gasteiger partial charge is 0.310 e. The van der Waals surface area contributed by atoms with E-state index in [9.17, 15) is 4.79 Å². The molecule has 1 unspecified atom stereocenters. The molecule has 0 saturated carbocycles. The van der Waals surface area contributed by atoms with Gasteiger partial charge in [-0.3, -0.25) is 4.79 Å². The van der Waals surface area contributed by atoms with E-state index >= 15 is 0 Å². The summed E-state index contributed by atoms with van der Waals surface area (Å²) in [5.41, 5.74) is 1.34. The van der Waals surface area contributed by atoms with Crippen molar-refractivity contribution in [2.24, 2.45) is 0 Å². The van der Waals surface area contributed by atoms with E-state index < -0.39 is 11.9 Å². The number of carbonyl (C=O) groups is 1. The molecule has 0 saturated heterocycles. The summed E-state index contributed by atoms with van der Waals surface area (Å²) in [7, 11) is 0. The van der Waals surface area contributed by atoms with E-state index in [2.05, 4.69) is 0 Å². The van der Waals surface area contributed by atoms with Crippen LogP contribution in [0.4, 0.5) is 0 Å². The number of fused-ring (bicyclic) bond motifs is 1. The molecule has 1 aromatic carbocycles. The van der Waals surface area contributed by atoms with Crippen molar-refractivity contribution < 1.29 is 19.4 Å². The van der Waals surface area contributed by atoms with Gasteiger partial charge in [0, 0.05) is 23.1 Å². The van der Waals surface area contributed by atoms with E-state index in [1.165, 1.54) is 0 Å². The summed E-state index contributed by atoms with van der Waals surface area (Å²) in [5.74, 6) is -0.375. The second-order valence-corrected chi connectivity index (χ2v) is 4.74. The van der Waals surface area contributed by atoms with Gasteiger partial charge in [-0.1, -0.05) is 11.6 Å². The lowest BCUT2D eigenvalue weighted by molar-refractivity contribution is -0.138. The minimum Gasteiger partial charge on any atom is -0.489 e. The lowest BCUT2D eigenvalue weighted by atomic mass is 9.95. The fraction of sp³-hybridized carbons (Fsp3) is 0.462. The van der Waals surface area contributed by atoms with Crippen LogP contribution < -0.4 is 9.47 Å². The van der Waals surface area contributed by atoms with Gasteiger partial charge in [-0.05, 0) is 19.4 Å². The molecule has 0 radical (unpaired) electrons. The van der Waals surface area contributed by atoms with E-state index in [-0.39, 0.29) is 0 Å². The molecule has 1 N–H and O–H groups in total. The molecule has 2 rings (SSSR count). The third-order valence-electron chi connectivity index (χ3n) is 3.08. The minimum atomic E-state index is -0.908. The van der Waals surface area contributed by atoms with Crippen LogP contribution >= 0.6 is 11.6 Å². The van der Waals surface area contributed by atoms with Gasteiger partial charge in [-0.15, -0.1) is 0 Å². The van der Waals surface area contributed by atoms with Crippen LogP contribution in [0.3, 0.4) is 0 Å². The fourth-order valence-corrected chi connectivity index (χ4v) is 2.51. The number of hydrogen-bond acceptors (Lipinski definition) is 3. The average molecular weight is 271 g/mol. The van der Waals surface area contributed by atoms with Crippen LogP contribution in [0, 0.1) is 6.92 Å². The van der Waals surface area contributed by atoms with Crippen molar-refractivity contribution in [3.8, 4) is 11.5 Å². The van der Waals surface area contributed by atoms with Gasteiger partial charge in [0.25, 0.3) is 0 Å². The van der Waals surface area contributed by atoms with Crippen molar-refractivity contribution in [3.05, 3.63) is 22.2 Å². The van der Waals surface area contributed by atoms with Crippen molar-refractivity contribution in [1.29, 1.82) is 0 Å². The molecule has 1 aliphatic heterocycles. The maximum absolute atomic E-state index is 11.1. The molecule has 0 fully saturated rings. The highest BCUT2D eigenvalue weighted by atomic mass is 35.5. The van der Waals surface area contributed by atoms with Crippen LogP contribution in [0.1, 0.15) is 30.4 Å². The molecule has 1 heterocycles. The zero-order valence-electron chi connectivity index (χ0n) is 10.3. The summed E-state index contributed by atoms with van der Waals surface area (Å²) in [4.78, 5) is 11.1. The van der Waals surface area contributed by atoms with Crippen LogP contribution in [0.2, 0.25) is 5.02 Å². The third kappa shape index (κ3) is 2.25. The molecule has 1 aromatic rings. The highest BCUT2D eigenvalue weighted by molar-refractivity contribution is 6.32. The van der Waals surface area contributed by atoms with Gasteiger partial charge in [-0.25, -0.2) is 0 Å². The number of hydrogen-bond donors (Lipinski definition) is 1. The second-order valence-electron chi connectivity index (χ2n) is 4.33.